The third kappa shape index (κ3) is 4.34. The van der Waals surface area contributed by atoms with Crippen LogP contribution in [0.25, 0.3) is 0 Å². The van der Waals surface area contributed by atoms with Gasteiger partial charge in [0.1, 0.15) is 0 Å². The fourth-order valence-corrected chi connectivity index (χ4v) is 1.42. The molecule has 1 rings (SSSR count). The lowest BCUT2D eigenvalue weighted by Crippen LogP contribution is -2.31. The zero-order valence-electron chi connectivity index (χ0n) is 8.51. The molecule has 0 aromatic heterocycles. The van der Waals surface area contributed by atoms with E-state index in [0.29, 0.717) is 6.42 Å². The van der Waals surface area contributed by atoms with Gasteiger partial charge in [0.25, 0.3) is 0 Å². The largest absolute Gasteiger partial charge is 0.401 e. The summed E-state index contributed by atoms with van der Waals surface area (Å²) in [5.74, 6) is 0. The van der Waals surface area contributed by atoms with Crippen molar-refractivity contribution in [1.82, 2.24) is 5.32 Å². The number of alkyl halides is 3. The summed E-state index contributed by atoms with van der Waals surface area (Å²) in [5.41, 5.74) is 0.893. The first-order chi connectivity index (χ1) is 7.03. The lowest BCUT2D eigenvalue weighted by molar-refractivity contribution is -0.126. The summed E-state index contributed by atoms with van der Waals surface area (Å²) in [7, 11) is 0. The molecule has 0 heterocycles. The van der Waals surface area contributed by atoms with Gasteiger partial charge in [0, 0.05) is 6.04 Å². The van der Waals surface area contributed by atoms with Gasteiger partial charge < -0.3 is 5.32 Å². The number of hydrogen-bond donors (Lipinski definition) is 1. The molecule has 0 aliphatic rings. The van der Waals surface area contributed by atoms with Crippen LogP contribution >= 0.6 is 0 Å². The molecule has 15 heavy (non-hydrogen) atoms. The topological polar surface area (TPSA) is 12.0 Å². The molecule has 0 saturated heterocycles. The molecule has 4 heteroatoms. The van der Waals surface area contributed by atoms with E-state index in [1.165, 1.54) is 0 Å². The minimum Gasteiger partial charge on any atom is -0.302 e. The van der Waals surface area contributed by atoms with Crippen molar-refractivity contribution >= 4 is 0 Å². The third-order valence-corrected chi connectivity index (χ3v) is 2.16. The summed E-state index contributed by atoms with van der Waals surface area (Å²) in [6.45, 7) is 0.918. The molecule has 0 spiro atoms. The molecule has 1 aromatic carbocycles. The summed E-state index contributed by atoms with van der Waals surface area (Å²) in [5, 5.41) is 2.50. The SMILES string of the molecule is CC[C@H](NCC(F)(F)F)c1ccccc1. The normalized spacial score (nSPS) is 13.9. The summed E-state index contributed by atoms with van der Waals surface area (Å²) >= 11 is 0. The maximum atomic E-state index is 12.0. The van der Waals surface area contributed by atoms with E-state index in [1.54, 1.807) is 0 Å². The quantitative estimate of drug-likeness (QED) is 0.816. The van der Waals surface area contributed by atoms with Crippen LogP contribution < -0.4 is 5.32 Å². The van der Waals surface area contributed by atoms with Gasteiger partial charge in [0.2, 0.25) is 0 Å². The fraction of sp³-hybridized carbons (Fsp3) is 0.455. The summed E-state index contributed by atoms with van der Waals surface area (Å²) in [4.78, 5) is 0. The van der Waals surface area contributed by atoms with Crippen molar-refractivity contribution < 1.29 is 13.2 Å². The average Bonchev–Trinajstić information content (AvgIpc) is 2.19. The second kappa shape index (κ2) is 5.16. The van der Waals surface area contributed by atoms with Crippen molar-refractivity contribution in [3.63, 3.8) is 0 Å². The second-order valence-corrected chi connectivity index (χ2v) is 3.37. The van der Waals surface area contributed by atoms with Crippen molar-refractivity contribution in [3.05, 3.63) is 35.9 Å². The van der Waals surface area contributed by atoms with Crippen LogP contribution in [-0.2, 0) is 0 Å². The highest BCUT2D eigenvalue weighted by Crippen LogP contribution is 2.19. The monoisotopic (exact) mass is 217 g/mol. The van der Waals surface area contributed by atoms with Crippen molar-refractivity contribution in [2.75, 3.05) is 6.54 Å². The van der Waals surface area contributed by atoms with Gasteiger partial charge in [-0.05, 0) is 12.0 Å². The minimum absolute atomic E-state index is 0.229. The molecule has 84 valence electrons. The van der Waals surface area contributed by atoms with Gasteiger partial charge in [0.15, 0.2) is 0 Å². The van der Waals surface area contributed by atoms with E-state index < -0.39 is 12.7 Å². The number of benzene rings is 1. The summed E-state index contributed by atoms with van der Waals surface area (Å²) in [6.07, 6.45) is -3.51. The first-order valence-electron chi connectivity index (χ1n) is 4.88. The van der Waals surface area contributed by atoms with Crippen molar-refractivity contribution in [3.8, 4) is 0 Å². The molecule has 0 radical (unpaired) electrons. The predicted molar refractivity (Wildman–Crippen MR) is 53.5 cm³/mol. The van der Waals surface area contributed by atoms with E-state index in [9.17, 15) is 13.2 Å². The van der Waals surface area contributed by atoms with Crippen LogP contribution in [0.15, 0.2) is 30.3 Å². The molecule has 1 aromatic rings. The number of hydrogen-bond acceptors (Lipinski definition) is 1. The highest BCUT2D eigenvalue weighted by molar-refractivity contribution is 5.18. The Morgan fingerprint density at radius 1 is 1.20 bits per heavy atom. The maximum absolute atomic E-state index is 12.0. The van der Waals surface area contributed by atoms with Crippen molar-refractivity contribution in [2.45, 2.75) is 25.6 Å². The highest BCUT2D eigenvalue weighted by atomic mass is 19.4. The molecule has 1 atom stereocenters. The summed E-state index contributed by atoms with van der Waals surface area (Å²) in [6, 6.07) is 8.93. The Morgan fingerprint density at radius 3 is 2.27 bits per heavy atom. The molecule has 1 N–H and O–H groups in total. The van der Waals surface area contributed by atoms with Gasteiger partial charge in [-0.1, -0.05) is 37.3 Å². The zero-order chi connectivity index (χ0) is 11.3. The van der Waals surface area contributed by atoms with Gasteiger partial charge in [-0.25, -0.2) is 0 Å². The Bertz CT molecular complexity index is 282. The molecule has 0 bridgehead atoms. The van der Waals surface area contributed by atoms with Gasteiger partial charge in [-0.15, -0.1) is 0 Å². The van der Waals surface area contributed by atoms with Crippen LogP contribution in [0.1, 0.15) is 24.9 Å². The number of rotatable bonds is 4. The van der Waals surface area contributed by atoms with Crippen LogP contribution in [0.5, 0.6) is 0 Å². The molecule has 0 unspecified atom stereocenters. The first kappa shape index (κ1) is 12.0. The molecule has 0 fully saturated rings. The smallest absolute Gasteiger partial charge is 0.302 e. The van der Waals surface area contributed by atoms with Gasteiger partial charge in [-0.2, -0.15) is 13.2 Å². The predicted octanol–water partition coefficient (Wildman–Crippen LogP) is 3.29. The van der Waals surface area contributed by atoms with Crippen LogP contribution in [-0.4, -0.2) is 12.7 Å². The van der Waals surface area contributed by atoms with Crippen LogP contribution in [0.4, 0.5) is 13.2 Å². The molecular weight excluding hydrogens is 203 g/mol. The second-order valence-electron chi connectivity index (χ2n) is 3.37. The Labute approximate surface area is 87.3 Å². The zero-order valence-corrected chi connectivity index (χ0v) is 8.51. The molecule has 0 aliphatic heterocycles. The standard InChI is InChI=1S/C11H14F3N/c1-2-10(15-8-11(12,13)14)9-6-4-3-5-7-9/h3-7,10,15H,2,8H2,1H3/t10-/m0/s1. The molecule has 0 amide bonds. The molecule has 0 saturated carbocycles. The summed E-state index contributed by atoms with van der Waals surface area (Å²) < 4.78 is 36.0. The van der Waals surface area contributed by atoms with E-state index in [-0.39, 0.29) is 6.04 Å². The van der Waals surface area contributed by atoms with Crippen LogP contribution in [0.3, 0.4) is 0 Å². The Hall–Kier alpha value is -1.03. The van der Waals surface area contributed by atoms with Gasteiger partial charge >= 0.3 is 6.18 Å². The third-order valence-electron chi connectivity index (χ3n) is 2.16. The Balaban J connectivity index is 2.58. The Kier molecular flexibility index (Phi) is 4.15. The van der Waals surface area contributed by atoms with E-state index in [4.69, 9.17) is 0 Å². The number of halogens is 3. The van der Waals surface area contributed by atoms with Crippen molar-refractivity contribution in [2.24, 2.45) is 0 Å². The minimum atomic E-state index is -4.15. The Morgan fingerprint density at radius 2 is 1.80 bits per heavy atom. The highest BCUT2D eigenvalue weighted by Gasteiger charge is 2.27. The fourth-order valence-electron chi connectivity index (χ4n) is 1.42. The number of nitrogens with one attached hydrogen (secondary N) is 1. The lowest BCUT2D eigenvalue weighted by atomic mass is 10.0. The molecular formula is C11H14F3N. The van der Waals surface area contributed by atoms with Gasteiger partial charge in [0.05, 0.1) is 6.54 Å². The molecule has 1 nitrogen and oxygen atoms in total. The van der Waals surface area contributed by atoms with Gasteiger partial charge in [-0.3, -0.25) is 0 Å². The van der Waals surface area contributed by atoms with Crippen LogP contribution in [0.2, 0.25) is 0 Å². The maximum Gasteiger partial charge on any atom is 0.401 e. The van der Waals surface area contributed by atoms with E-state index in [2.05, 4.69) is 5.32 Å². The van der Waals surface area contributed by atoms with Crippen molar-refractivity contribution in [1.29, 1.82) is 0 Å². The van der Waals surface area contributed by atoms with E-state index in [0.717, 1.165) is 5.56 Å². The first-order valence-corrected chi connectivity index (χ1v) is 4.88. The molecule has 0 aliphatic carbocycles. The van der Waals surface area contributed by atoms with Crippen LogP contribution in [0, 0.1) is 0 Å². The average molecular weight is 217 g/mol. The van der Waals surface area contributed by atoms with E-state index >= 15 is 0 Å². The lowest BCUT2D eigenvalue weighted by Gasteiger charge is -2.18. The van der Waals surface area contributed by atoms with E-state index in [1.807, 2.05) is 37.3 Å².